The summed E-state index contributed by atoms with van der Waals surface area (Å²) in [6.07, 6.45) is 7.63. The van der Waals surface area contributed by atoms with Crippen molar-refractivity contribution < 1.29 is 9.47 Å². The molecule has 27 heavy (non-hydrogen) atoms. The number of thioether (sulfide) groups is 1. The van der Waals surface area contributed by atoms with E-state index in [1.54, 1.807) is 18.9 Å². The van der Waals surface area contributed by atoms with Crippen LogP contribution in [0.2, 0.25) is 0 Å². The van der Waals surface area contributed by atoms with Crippen LogP contribution < -0.4 is 4.90 Å². The molecule has 2 aliphatic heterocycles. The zero-order valence-corrected chi connectivity index (χ0v) is 17.5. The molecule has 0 spiro atoms. The van der Waals surface area contributed by atoms with Gasteiger partial charge < -0.3 is 14.4 Å². The van der Waals surface area contributed by atoms with Crippen molar-refractivity contribution in [3.63, 3.8) is 0 Å². The number of nitrogens with zero attached hydrogens (tertiary/aromatic N) is 2. The zero-order valence-electron chi connectivity index (χ0n) is 16.7. The first-order chi connectivity index (χ1) is 13.0. The Hall–Kier alpha value is -1.69. The molecule has 5 heteroatoms. The molecular formula is C22H28N2O2S. The third-order valence-corrected chi connectivity index (χ3v) is 6.59. The second-order valence-corrected chi connectivity index (χ2v) is 8.90. The quantitative estimate of drug-likeness (QED) is 0.749. The van der Waals surface area contributed by atoms with E-state index in [9.17, 15) is 0 Å². The van der Waals surface area contributed by atoms with E-state index in [-0.39, 0.29) is 11.8 Å². The van der Waals surface area contributed by atoms with Gasteiger partial charge in [0.05, 0.1) is 19.3 Å². The molecule has 2 unspecified atom stereocenters. The van der Waals surface area contributed by atoms with Gasteiger partial charge in [0.25, 0.3) is 0 Å². The lowest BCUT2D eigenvalue weighted by atomic mass is 10.0. The lowest BCUT2D eigenvalue weighted by molar-refractivity contribution is 0.00459. The molecule has 0 amide bonds. The minimum absolute atomic E-state index is 0.0904. The highest BCUT2D eigenvalue weighted by atomic mass is 32.2. The average Bonchev–Trinajstić information content (AvgIpc) is 3.11. The number of benzene rings is 1. The minimum atomic E-state index is 0.0904. The van der Waals surface area contributed by atoms with Gasteiger partial charge in [0.1, 0.15) is 12.0 Å². The normalized spacial score (nSPS) is 24.4. The average molecular weight is 385 g/mol. The Bertz CT molecular complexity index is 826. The minimum Gasteiger partial charge on any atom is -0.501 e. The van der Waals surface area contributed by atoms with E-state index in [2.05, 4.69) is 74.2 Å². The SMILES string of the molecule is COC1=CC(C(C)C)=CC=C(c2ccc3c(c2)N2CC(N(C)C)OC2S3)C1. The molecule has 4 nitrogen and oxygen atoms in total. The van der Waals surface area contributed by atoms with Crippen molar-refractivity contribution in [3.8, 4) is 0 Å². The summed E-state index contributed by atoms with van der Waals surface area (Å²) in [6, 6.07) is 6.78. The molecule has 2 heterocycles. The third-order valence-electron chi connectivity index (χ3n) is 5.42. The van der Waals surface area contributed by atoms with Gasteiger partial charge >= 0.3 is 0 Å². The molecule has 1 fully saturated rings. The lowest BCUT2D eigenvalue weighted by Crippen LogP contribution is -2.32. The number of allylic oxidation sites excluding steroid dienone is 5. The number of rotatable bonds is 4. The van der Waals surface area contributed by atoms with Gasteiger partial charge in [-0.05, 0) is 54.9 Å². The summed E-state index contributed by atoms with van der Waals surface area (Å²) < 4.78 is 11.8. The number of methoxy groups -OCH3 is 1. The van der Waals surface area contributed by atoms with Gasteiger partial charge in [-0.25, -0.2) is 0 Å². The second-order valence-electron chi connectivity index (χ2n) is 7.82. The van der Waals surface area contributed by atoms with Crippen LogP contribution >= 0.6 is 11.8 Å². The number of anilines is 1. The van der Waals surface area contributed by atoms with Crippen LogP contribution in [0.25, 0.3) is 5.57 Å². The molecule has 0 radical (unpaired) electrons. The maximum absolute atomic E-state index is 6.17. The molecule has 1 saturated heterocycles. The summed E-state index contributed by atoms with van der Waals surface area (Å²) in [4.78, 5) is 5.83. The fraction of sp³-hybridized carbons (Fsp3) is 0.455. The van der Waals surface area contributed by atoms with Gasteiger partial charge in [-0.1, -0.05) is 43.8 Å². The standard InChI is InChI=1S/C22H28N2O2S/c1-14(2)15-6-7-16(11-18(10-15)25-5)17-8-9-20-19(12-17)24-13-21(23(3)4)26-22(24)27-20/h6-10,12,14,21-22H,11,13H2,1-5H3. The number of hydrogen-bond donors (Lipinski definition) is 0. The zero-order chi connectivity index (χ0) is 19.1. The fourth-order valence-corrected chi connectivity index (χ4v) is 4.83. The molecule has 1 aliphatic carbocycles. The van der Waals surface area contributed by atoms with Crippen LogP contribution in [0.3, 0.4) is 0 Å². The first-order valence-corrected chi connectivity index (χ1v) is 10.4. The molecule has 3 aliphatic rings. The monoisotopic (exact) mass is 384 g/mol. The number of fused-ring (bicyclic) bond motifs is 3. The number of hydrogen-bond acceptors (Lipinski definition) is 5. The van der Waals surface area contributed by atoms with Gasteiger partial charge in [-0.15, -0.1) is 0 Å². The smallest absolute Gasteiger partial charge is 0.185 e. The van der Waals surface area contributed by atoms with Crippen LogP contribution in [0.5, 0.6) is 0 Å². The number of likely N-dealkylation sites (N-methyl/N-ethyl adjacent to an activating group) is 1. The summed E-state index contributed by atoms with van der Waals surface area (Å²) in [5, 5.41) is 0. The van der Waals surface area contributed by atoms with Crippen molar-refractivity contribution in [3.05, 3.63) is 53.3 Å². The van der Waals surface area contributed by atoms with Gasteiger partial charge in [0, 0.05) is 11.3 Å². The highest BCUT2D eigenvalue weighted by Gasteiger charge is 2.40. The van der Waals surface area contributed by atoms with Crippen LogP contribution in [0, 0.1) is 5.92 Å². The molecule has 0 bridgehead atoms. The Morgan fingerprint density at radius 1 is 1.26 bits per heavy atom. The molecule has 0 N–H and O–H groups in total. The highest BCUT2D eigenvalue weighted by Crippen LogP contribution is 2.48. The van der Waals surface area contributed by atoms with E-state index in [1.807, 2.05) is 0 Å². The van der Waals surface area contributed by atoms with Gasteiger partial charge in [0.2, 0.25) is 0 Å². The van der Waals surface area contributed by atoms with Crippen LogP contribution in [0.4, 0.5) is 5.69 Å². The number of ether oxygens (including phenoxy) is 2. The van der Waals surface area contributed by atoms with Gasteiger partial charge in [-0.2, -0.15) is 0 Å². The molecule has 1 aromatic rings. The molecular weight excluding hydrogens is 356 g/mol. The van der Waals surface area contributed by atoms with Crippen LogP contribution in [0.15, 0.2) is 52.7 Å². The Balaban J connectivity index is 1.64. The summed E-state index contributed by atoms with van der Waals surface area (Å²) in [5.41, 5.74) is 5.23. The van der Waals surface area contributed by atoms with Crippen LogP contribution in [-0.2, 0) is 9.47 Å². The molecule has 2 atom stereocenters. The topological polar surface area (TPSA) is 24.9 Å². The third kappa shape index (κ3) is 3.56. The molecule has 0 aromatic heterocycles. The Kier molecular flexibility index (Phi) is 5.10. The van der Waals surface area contributed by atoms with E-state index >= 15 is 0 Å². The van der Waals surface area contributed by atoms with Crippen LogP contribution in [0.1, 0.15) is 25.8 Å². The second kappa shape index (κ2) is 7.38. The van der Waals surface area contributed by atoms with E-state index in [0.717, 1.165) is 18.7 Å². The van der Waals surface area contributed by atoms with E-state index < -0.39 is 0 Å². The van der Waals surface area contributed by atoms with E-state index in [4.69, 9.17) is 9.47 Å². The molecule has 4 rings (SSSR count). The van der Waals surface area contributed by atoms with E-state index in [0.29, 0.717) is 5.92 Å². The highest BCUT2D eigenvalue weighted by molar-refractivity contribution is 8.00. The molecule has 0 saturated carbocycles. The van der Waals surface area contributed by atoms with Crippen molar-refractivity contribution in [1.82, 2.24) is 4.90 Å². The maximum Gasteiger partial charge on any atom is 0.185 e. The maximum atomic E-state index is 6.17. The Labute approximate surface area is 166 Å². The largest absolute Gasteiger partial charge is 0.501 e. The van der Waals surface area contributed by atoms with Crippen molar-refractivity contribution in [1.29, 1.82) is 0 Å². The Morgan fingerprint density at radius 3 is 2.78 bits per heavy atom. The first kappa shape index (κ1) is 18.7. The molecule has 144 valence electrons. The van der Waals surface area contributed by atoms with Crippen LogP contribution in [-0.4, -0.2) is 44.4 Å². The van der Waals surface area contributed by atoms with Crippen molar-refractivity contribution in [2.45, 2.75) is 37.0 Å². The predicted molar refractivity (Wildman–Crippen MR) is 113 cm³/mol. The summed E-state index contributed by atoms with van der Waals surface area (Å²) in [6.45, 7) is 5.34. The summed E-state index contributed by atoms with van der Waals surface area (Å²) >= 11 is 1.81. The summed E-state index contributed by atoms with van der Waals surface area (Å²) in [7, 11) is 5.91. The first-order valence-electron chi connectivity index (χ1n) is 9.51. The van der Waals surface area contributed by atoms with Gasteiger partial charge in [0.15, 0.2) is 5.56 Å². The van der Waals surface area contributed by atoms with Crippen molar-refractivity contribution in [2.24, 2.45) is 5.92 Å². The Morgan fingerprint density at radius 2 is 2.07 bits per heavy atom. The fourth-order valence-electron chi connectivity index (χ4n) is 3.66. The van der Waals surface area contributed by atoms with Crippen molar-refractivity contribution >= 4 is 23.0 Å². The lowest BCUT2D eigenvalue weighted by Gasteiger charge is -2.19. The summed E-state index contributed by atoms with van der Waals surface area (Å²) in [5.74, 6) is 1.50. The van der Waals surface area contributed by atoms with E-state index in [1.165, 1.54) is 27.3 Å². The predicted octanol–water partition coefficient (Wildman–Crippen LogP) is 4.70. The van der Waals surface area contributed by atoms with Gasteiger partial charge in [-0.3, -0.25) is 4.90 Å². The molecule has 1 aromatic carbocycles. The van der Waals surface area contributed by atoms with Crippen molar-refractivity contribution in [2.75, 3.05) is 32.6 Å².